The number of halogens is 2. The van der Waals surface area contributed by atoms with Crippen LogP contribution in [0.5, 0.6) is 0 Å². The van der Waals surface area contributed by atoms with Crippen molar-refractivity contribution in [2.24, 2.45) is 0 Å². The first-order chi connectivity index (χ1) is 15.4. The van der Waals surface area contributed by atoms with Gasteiger partial charge in [0.05, 0.1) is 23.0 Å². The van der Waals surface area contributed by atoms with Gasteiger partial charge in [-0.2, -0.15) is 0 Å². The molecule has 1 aliphatic rings. The van der Waals surface area contributed by atoms with Crippen LogP contribution in [-0.2, 0) is 4.74 Å². The Kier molecular flexibility index (Phi) is 6.45. The molecule has 0 unspecified atom stereocenters. The highest BCUT2D eigenvalue weighted by Crippen LogP contribution is 2.24. The molecule has 3 aromatic heterocycles. The quantitative estimate of drug-likeness (QED) is 0.485. The van der Waals surface area contributed by atoms with Gasteiger partial charge in [0.1, 0.15) is 22.6 Å². The second kappa shape index (κ2) is 9.27. The number of H-pyrrole nitrogens is 1. The zero-order chi connectivity index (χ0) is 22.8. The molecule has 1 aliphatic heterocycles. The van der Waals surface area contributed by atoms with Crippen LogP contribution in [0, 0.1) is 0 Å². The SMILES string of the molecule is CO[C@@H](C)c1c(NC(=O)Nc2cnc(C(=O)N3CCCC3)c(Cl)c2)cnc2cc(Cl)[nH][n+]12. The van der Waals surface area contributed by atoms with Crippen molar-refractivity contribution in [1.82, 2.24) is 20.0 Å². The number of nitrogens with zero attached hydrogens (tertiary/aromatic N) is 4. The first-order valence-corrected chi connectivity index (χ1v) is 10.8. The third kappa shape index (κ3) is 4.47. The zero-order valence-electron chi connectivity index (χ0n) is 17.5. The van der Waals surface area contributed by atoms with Gasteiger partial charge in [-0.15, -0.1) is 4.52 Å². The van der Waals surface area contributed by atoms with Crippen LogP contribution in [0.3, 0.4) is 0 Å². The van der Waals surface area contributed by atoms with Crippen molar-refractivity contribution >= 4 is 52.2 Å². The largest absolute Gasteiger partial charge is 0.373 e. The Balaban J connectivity index is 1.52. The Bertz CT molecular complexity index is 1180. The fraction of sp³-hybridized carbons (Fsp3) is 0.350. The van der Waals surface area contributed by atoms with Gasteiger partial charge in [-0.3, -0.25) is 4.79 Å². The number of urea groups is 1. The summed E-state index contributed by atoms with van der Waals surface area (Å²) in [6, 6.07) is 2.62. The molecule has 0 saturated carbocycles. The molecule has 0 aliphatic carbocycles. The molecular weight excluding hydrogens is 457 g/mol. The molecule has 3 aromatic rings. The molecule has 4 rings (SSSR count). The van der Waals surface area contributed by atoms with Crippen molar-refractivity contribution in [3.05, 3.63) is 46.1 Å². The summed E-state index contributed by atoms with van der Waals surface area (Å²) in [6.07, 6.45) is 4.49. The number of aromatic nitrogens is 4. The lowest BCUT2D eigenvalue weighted by molar-refractivity contribution is -0.591. The highest BCUT2D eigenvalue weighted by atomic mass is 35.5. The van der Waals surface area contributed by atoms with Gasteiger partial charge >= 0.3 is 11.7 Å². The van der Waals surface area contributed by atoms with E-state index in [-0.39, 0.29) is 22.7 Å². The molecule has 1 fully saturated rings. The number of anilines is 2. The number of hydrogen-bond acceptors (Lipinski definition) is 5. The molecule has 1 atom stereocenters. The summed E-state index contributed by atoms with van der Waals surface area (Å²) in [5, 5.41) is 8.95. The number of carbonyl (C=O) groups is 2. The van der Waals surface area contributed by atoms with Gasteiger partial charge < -0.3 is 20.3 Å². The van der Waals surface area contributed by atoms with Gasteiger partial charge in [0.2, 0.25) is 0 Å². The topological polar surface area (TPSA) is 116 Å². The molecule has 3 amide bonds. The Morgan fingerprint density at radius 2 is 1.94 bits per heavy atom. The second-order valence-corrected chi connectivity index (χ2v) is 8.18. The maximum atomic E-state index is 12.6. The number of hydrogen-bond donors (Lipinski definition) is 3. The highest BCUT2D eigenvalue weighted by Gasteiger charge is 2.26. The summed E-state index contributed by atoms with van der Waals surface area (Å²) in [4.78, 5) is 35.4. The lowest BCUT2D eigenvalue weighted by Gasteiger charge is -2.16. The molecule has 10 nitrogen and oxygen atoms in total. The van der Waals surface area contributed by atoms with E-state index in [4.69, 9.17) is 27.9 Å². The van der Waals surface area contributed by atoms with E-state index >= 15 is 0 Å². The van der Waals surface area contributed by atoms with Crippen LogP contribution in [-0.4, -0.2) is 52.1 Å². The van der Waals surface area contributed by atoms with Gasteiger partial charge in [-0.1, -0.05) is 23.2 Å². The summed E-state index contributed by atoms with van der Waals surface area (Å²) in [5.41, 5.74) is 2.14. The normalized spacial score (nSPS) is 14.6. The molecule has 0 spiro atoms. The lowest BCUT2D eigenvalue weighted by Crippen LogP contribution is -2.34. The number of pyridine rings is 1. The van der Waals surface area contributed by atoms with Crippen molar-refractivity contribution in [2.45, 2.75) is 25.9 Å². The van der Waals surface area contributed by atoms with Gasteiger partial charge in [0.25, 0.3) is 5.91 Å². The lowest BCUT2D eigenvalue weighted by atomic mass is 10.2. The van der Waals surface area contributed by atoms with Crippen LogP contribution in [0.4, 0.5) is 16.2 Å². The Labute approximate surface area is 193 Å². The van der Waals surface area contributed by atoms with E-state index in [0.717, 1.165) is 12.8 Å². The highest BCUT2D eigenvalue weighted by molar-refractivity contribution is 6.33. The number of aromatic amines is 1. The smallest absolute Gasteiger partial charge is 0.349 e. The Morgan fingerprint density at radius 1 is 1.19 bits per heavy atom. The summed E-state index contributed by atoms with van der Waals surface area (Å²) in [6.45, 7) is 3.23. The van der Waals surface area contributed by atoms with E-state index in [0.29, 0.717) is 41.0 Å². The minimum atomic E-state index is -0.537. The van der Waals surface area contributed by atoms with Crippen molar-refractivity contribution in [2.75, 3.05) is 30.8 Å². The average molecular weight is 479 g/mol. The standard InChI is InChI=1S/C20H21Cl2N7O3/c1-11(32-2)18-14(10-23-16-8-15(22)27-29(16)18)26-20(31)25-12-7-13(21)17(24-9-12)19(30)28-5-3-4-6-28/h7-11H,3-6H2,1-2H3,(H2,25,26,30,31)/p+1/t11-/m0/s1. The van der Waals surface area contributed by atoms with E-state index < -0.39 is 6.03 Å². The number of ether oxygens (including phenoxy) is 1. The minimum Gasteiger partial charge on any atom is -0.373 e. The number of amides is 3. The number of carbonyl (C=O) groups excluding carboxylic acids is 2. The van der Waals surface area contributed by atoms with E-state index in [2.05, 4.69) is 25.7 Å². The fourth-order valence-electron chi connectivity index (χ4n) is 3.60. The molecule has 0 aromatic carbocycles. The van der Waals surface area contributed by atoms with E-state index in [1.165, 1.54) is 18.5 Å². The fourth-order valence-corrected chi connectivity index (χ4v) is 4.03. The summed E-state index contributed by atoms with van der Waals surface area (Å²) < 4.78 is 7.08. The molecule has 32 heavy (non-hydrogen) atoms. The number of likely N-dealkylation sites (tertiary alicyclic amines) is 1. The summed E-state index contributed by atoms with van der Waals surface area (Å²) in [7, 11) is 1.56. The van der Waals surface area contributed by atoms with Crippen LogP contribution in [0.1, 0.15) is 42.1 Å². The van der Waals surface area contributed by atoms with Crippen LogP contribution >= 0.6 is 23.2 Å². The third-order valence-corrected chi connectivity index (χ3v) is 5.71. The molecular formula is C20H22Cl2N7O3+. The summed E-state index contributed by atoms with van der Waals surface area (Å²) >= 11 is 12.3. The first kappa shape index (κ1) is 22.3. The van der Waals surface area contributed by atoms with Gasteiger partial charge in [0, 0.05) is 20.2 Å². The van der Waals surface area contributed by atoms with E-state index in [1.54, 1.807) is 22.6 Å². The Morgan fingerprint density at radius 3 is 2.62 bits per heavy atom. The van der Waals surface area contributed by atoms with Crippen LogP contribution in [0.15, 0.2) is 24.5 Å². The van der Waals surface area contributed by atoms with Gasteiger partial charge in [0.15, 0.2) is 11.9 Å². The maximum absolute atomic E-state index is 12.6. The van der Waals surface area contributed by atoms with Crippen molar-refractivity contribution in [1.29, 1.82) is 0 Å². The Hall–Kier alpha value is -2.95. The van der Waals surface area contributed by atoms with E-state index in [1.807, 2.05) is 6.92 Å². The number of rotatable bonds is 5. The predicted octanol–water partition coefficient (Wildman–Crippen LogP) is 3.44. The zero-order valence-corrected chi connectivity index (χ0v) is 19.0. The average Bonchev–Trinajstić information content (AvgIpc) is 3.42. The van der Waals surface area contributed by atoms with Crippen molar-refractivity contribution in [3.8, 4) is 0 Å². The minimum absolute atomic E-state index is 0.172. The molecule has 0 bridgehead atoms. The monoisotopic (exact) mass is 478 g/mol. The van der Waals surface area contributed by atoms with Crippen molar-refractivity contribution < 1.29 is 18.8 Å². The van der Waals surface area contributed by atoms with Crippen molar-refractivity contribution in [3.63, 3.8) is 0 Å². The molecule has 4 heterocycles. The maximum Gasteiger partial charge on any atom is 0.349 e. The van der Waals surface area contributed by atoms with Crippen LogP contribution < -0.4 is 15.1 Å². The molecule has 3 N–H and O–H groups in total. The van der Waals surface area contributed by atoms with Crippen LogP contribution in [0.25, 0.3) is 5.65 Å². The number of nitrogens with one attached hydrogen (secondary N) is 3. The second-order valence-electron chi connectivity index (χ2n) is 7.37. The van der Waals surface area contributed by atoms with Crippen LogP contribution in [0.2, 0.25) is 10.2 Å². The first-order valence-electron chi connectivity index (χ1n) is 10.0. The van der Waals surface area contributed by atoms with Gasteiger partial charge in [-0.25, -0.2) is 14.9 Å². The predicted molar refractivity (Wildman–Crippen MR) is 119 cm³/mol. The molecule has 12 heteroatoms. The summed E-state index contributed by atoms with van der Waals surface area (Å²) in [5.74, 6) is -0.206. The van der Waals surface area contributed by atoms with E-state index in [9.17, 15) is 9.59 Å². The molecule has 168 valence electrons. The number of fused-ring (bicyclic) bond motifs is 1. The molecule has 1 saturated heterocycles. The molecule has 0 radical (unpaired) electrons. The number of methoxy groups -OCH3 is 1. The van der Waals surface area contributed by atoms with Gasteiger partial charge in [-0.05, 0) is 30.8 Å². The third-order valence-electron chi connectivity index (χ3n) is 5.23.